The van der Waals surface area contributed by atoms with Gasteiger partial charge in [-0.05, 0) is 31.0 Å². The maximum Gasteiger partial charge on any atom is 0.127 e. The zero-order valence-corrected chi connectivity index (χ0v) is 10.1. The second-order valence-electron chi connectivity index (χ2n) is 3.73. The summed E-state index contributed by atoms with van der Waals surface area (Å²) in [5.41, 5.74) is 0.559. The van der Waals surface area contributed by atoms with Crippen LogP contribution < -0.4 is 5.32 Å². The standard InChI is InChI=1S/C12H17ClFNO/c1-2-11(5-6-16)15-8-9-7-10(13)3-4-12(9)14/h3-4,7,11,15-16H,2,5-6,8H2,1H3. The Morgan fingerprint density at radius 2 is 2.25 bits per heavy atom. The van der Waals surface area contributed by atoms with E-state index in [2.05, 4.69) is 5.32 Å². The molecule has 1 aromatic carbocycles. The summed E-state index contributed by atoms with van der Waals surface area (Å²) in [4.78, 5) is 0. The van der Waals surface area contributed by atoms with Crippen LogP contribution in [0.15, 0.2) is 18.2 Å². The van der Waals surface area contributed by atoms with E-state index < -0.39 is 0 Å². The molecule has 0 aromatic heterocycles. The lowest BCUT2D eigenvalue weighted by Crippen LogP contribution is -2.29. The molecule has 0 aliphatic heterocycles. The molecule has 0 amide bonds. The van der Waals surface area contributed by atoms with Crippen molar-refractivity contribution in [2.24, 2.45) is 0 Å². The van der Waals surface area contributed by atoms with Gasteiger partial charge in [0.05, 0.1) is 0 Å². The zero-order chi connectivity index (χ0) is 12.0. The summed E-state index contributed by atoms with van der Waals surface area (Å²) in [5, 5.41) is 12.6. The third-order valence-electron chi connectivity index (χ3n) is 2.56. The first kappa shape index (κ1) is 13.4. The first-order chi connectivity index (χ1) is 7.67. The molecule has 0 aliphatic rings. The third kappa shape index (κ3) is 4.08. The fraction of sp³-hybridized carbons (Fsp3) is 0.500. The molecule has 4 heteroatoms. The van der Waals surface area contributed by atoms with Crippen LogP contribution in [0.2, 0.25) is 5.02 Å². The van der Waals surface area contributed by atoms with Crippen molar-refractivity contribution in [3.63, 3.8) is 0 Å². The molecule has 0 saturated heterocycles. The molecule has 1 rings (SSSR count). The van der Waals surface area contributed by atoms with E-state index in [1.165, 1.54) is 12.1 Å². The van der Waals surface area contributed by atoms with Gasteiger partial charge in [-0.1, -0.05) is 18.5 Å². The number of aliphatic hydroxyl groups excluding tert-OH is 1. The van der Waals surface area contributed by atoms with Crippen molar-refractivity contribution in [2.45, 2.75) is 32.4 Å². The van der Waals surface area contributed by atoms with Crippen LogP contribution in [0.3, 0.4) is 0 Å². The SMILES string of the molecule is CCC(CCO)NCc1cc(Cl)ccc1F. The zero-order valence-electron chi connectivity index (χ0n) is 9.34. The van der Waals surface area contributed by atoms with Crippen molar-refractivity contribution < 1.29 is 9.50 Å². The monoisotopic (exact) mass is 245 g/mol. The number of nitrogens with one attached hydrogen (secondary N) is 1. The van der Waals surface area contributed by atoms with Crippen molar-refractivity contribution in [3.8, 4) is 0 Å². The van der Waals surface area contributed by atoms with Gasteiger partial charge in [-0.15, -0.1) is 0 Å². The Kier molecular flexibility index (Phi) is 5.74. The molecule has 90 valence electrons. The van der Waals surface area contributed by atoms with Crippen molar-refractivity contribution in [1.82, 2.24) is 5.32 Å². The number of aliphatic hydroxyl groups is 1. The molecule has 1 aromatic rings. The Balaban J connectivity index is 2.55. The molecule has 0 fully saturated rings. The summed E-state index contributed by atoms with van der Waals surface area (Å²) >= 11 is 5.79. The van der Waals surface area contributed by atoms with Gasteiger partial charge in [-0.25, -0.2) is 4.39 Å². The van der Waals surface area contributed by atoms with Gasteiger partial charge < -0.3 is 10.4 Å². The molecule has 2 N–H and O–H groups in total. The Bertz CT molecular complexity index is 333. The summed E-state index contributed by atoms with van der Waals surface area (Å²) in [5.74, 6) is -0.254. The van der Waals surface area contributed by atoms with E-state index in [9.17, 15) is 4.39 Å². The highest BCUT2D eigenvalue weighted by atomic mass is 35.5. The normalized spacial score (nSPS) is 12.8. The summed E-state index contributed by atoms with van der Waals surface area (Å²) in [7, 11) is 0. The van der Waals surface area contributed by atoms with Crippen molar-refractivity contribution in [1.29, 1.82) is 0 Å². The first-order valence-corrected chi connectivity index (χ1v) is 5.83. The van der Waals surface area contributed by atoms with Crippen LogP contribution in [0.4, 0.5) is 4.39 Å². The molecule has 0 aliphatic carbocycles. The van der Waals surface area contributed by atoms with E-state index in [1.54, 1.807) is 6.07 Å². The number of rotatable bonds is 6. The number of hydrogen-bond acceptors (Lipinski definition) is 2. The van der Waals surface area contributed by atoms with Gasteiger partial charge in [-0.2, -0.15) is 0 Å². The first-order valence-electron chi connectivity index (χ1n) is 5.45. The number of benzene rings is 1. The van der Waals surface area contributed by atoms with Gasteiger partial charge >= 0.3 is 0 Å². The van der Waals surface area contributed by atoms with Crippen LogP contribution in [0.25, 0.3) is 0 Å². The molecule has 0 saturated carbocycles. The minimum atomic E-state index is -0.254. The van der Waals surface area contributed by atoms with Crippen LogP contribution >= 0.6 is 11.6 Å². The van der Waals surface area contributed by atoms with Crippen molar-refractivity contribution in [3.05, 3.63) is 34.6 Å². The Morgan fingerprint density at radius 3 is 2.88 bits per heavy atom. The topological polar surface area (TPSA) is 32.3 Å². The van der Waals surface area contributed by atoms with Crippen LogP contribution in [0, 0.1) is 5.82 Å². The Hall–Kier alpha value is -0.640. The predicted octanol–water partition coefficient (Wildman–Crippen LogP) is 2.73. The van der Waals surface area contributed by atoms with Crippen LogP contribution in [0.1, 0.15) is 25.3 Å². The average Bonchev–Trinajstić information content (AvgIpc) is 2.28. The van der Waals surface area contributed by atoms with E-state index in [4.69, 9.17) is 16.7 Å². The van der Waals surface area contributed by atoms with E-state index >= 15 is 0 Å². The van der Waals surface area contributed by atoms with Gasteiger partial charge in [0.1, 0.15) is 5.82 Å². The maximum atomic E-state index is 13.4. The average molecular weight is 246 g/mol. The fourth-order valence-electron chi connectivity index (χ4n) is 1.54. The van der Waals surface area contributed by atoms with Crippen LogP contribution in [-0.2, 0) is 6.54 Å². The second-order valence-corrected chi connectivity index (χ2v) is 4.17. The van der Waals surface area contributed by atoms with E-state index in [0.29, 0.717) is 23.6 Å². The number of hydrogen-bond donors (Lipinski definition) is 2. The van der Waals surface area contributed by atoms with Crippen LogP contribution in [0.5, 0.6) is 0 Å². The van der Waals surface area contributed by atoms with Gasteiger partial charge in [0.15, 0.2) is 0 Å². The van der Waals surface area contributed by atoms with Gasteiger partial charge in [0.25, 0.3) is 0 Å². The van der Waals surface area contributed by atoms with E-state index in [0.717, 1.165) is 6.42 Å². The van der Waals surface area contributed by atoms with E-state index in [1.807, 2.05) is 6.92 Å². The molecular weight excluding hydrogens is 229 g/mol. The largest absolute Gasteiger partial charge is 0.396 e. The second kappa shape index (κ2) is 6.84. The minimum Gasteiger partial charge on any atom is -0.396 e. The molecular formula is C12H17ClFNO. The van der Waals surface area contributed by atoms with Gasteiger partial charge in [-0.3, -0.25) is 0 Å². The van der Waals surface area contributed by atoms with Crippen LogP contribution in [-0.4, -0.2) is 17.8 Å². The Morgan fingerprint density at radius 1 is 1.50 bits per heavy atom. The maximum absolute atomic E-state index is 13.4. The summed E-state index contributed by atoms with van der Waals surface area (Å²) in [6, 6.07) is 4.73. The summed E-state index contributed by atoms with van der Waals surface area (Å²) < 4.78 is 13.4. The molecule has 0 heterocycles. The van der Waals surface area contributed by atoms with E-state index in [-0.39, 0.29) is 18.5 Å². The highest BCUT2D eigenvalue weighted by molar-refractivity contribution is 6.30. The van der Waals surface area contributed by atoms with Gasteiger partial charge in [0, 0.05) is 29.8 Å². The highest BCUT2D eigenvalue weighted by Gasteiger charge is 2.07. The molecule has 0 radical (unpaired) electrons. The molecule has 0 bridgehead atoms. The lowest BCUT2D eigenvalue weighted by atomic mass is 10.1. The summed E-state index contributed by atoms with van der Waals surface area (Å²) in [6.07, 6.45) is 1.58. The predicted molar refractivity (Wildman–Crippen MR) is 64.0 cm³/mol. The molecule has 16 heavy (non-hydrogen) atoms. The van der Waals surface area contributed by atoms with Crippen molar-refractivity contribution in [2.75, 3.05) is 6.61 Å². The molecule has 0 spiro atoms. The highest BCUT2D eigenvalue weighted by Crippen LogP contribution is 2.15. The lowest BCUT2D eigenvalue weighted by Gasteiger charge is -2.16. The molecule has 2 nitrogen and oxygen atoms in total. The van der Waals surface area contributed by atoms with Crippen molar-refractivity contribution >= 4 is 11.6 Å². The Labute approximate surface area is 100 Å². The summed E-state index contributed by atoms with van der Waals surface area (Å²) in [6.45, 7) is 2.61. The lowest BCUT2D eigenvalue weighted by molar-refractivity contribution is 0.261. The smallest absolute Gasteiger partial charge is 0.127 e. The molecule has 1 atom stereocenters. The quantitative estimate of drug-likeness (QED) is 0.808. The molecule has 1 unspecified atom stereocenters. The third-order valence-corrected chi connectivity index (χ3v) is 2.79. The van der Waals surface area contributed by atoms with Gasteiger partial charge in [0.2, 0.25) is 0 Å². The minimum absolute atomic E-state index is 0.142. The fourth-order valence-corrected chi connectivity index (χ4v) is 1.73. The number of halogens is 2.